The first kappa shape index (κ1) is 22.9. The van der Waals surface area contributed by atoms with E-state index in [2.05, 4.69) is 0 Å². The van der Waals surface area contributed by atoms with Gasteiger partial charge in [0, 0.05) is 0 Å². The average molecular weight is 396 g/mol. The molecule has 0 aromatic rings. The Balaban J connectivity index is -0.0000000150. The fourth-order valence-corrected chi connectivity index (χ4v) is 0. The van der Waals surface area contributed by atoms with Gasteiger partial charge in [-0.2, -0.15) is 9.90 Å². The van der Waals surface area contributed by atoms with E-state index in [0.717, 1.165) is 16.9 Å². The standard InChI is InChI=1S/CH2AsO2.In.H3P.Sb.4H/c2-1(3)4;;;;;;;/h2H,(H,3,4);;1H3;;;;;. The Labute approximate surface area is 90.5 Å². The molecule has 0 aliphatic carbocycles. The van der Waals surface area contributed by atoms with Crippen LogP contribution in [0.25, 0.3) is 0 Å². The van der Waals surface area contributed by atoms with Crippen molar-refractivity contribution in [3.8, 4) is 0 Å². The Bertz CT molecular complexity index is 40.7. The van der Waals surface area contributed by atoms with E-state index in [4.69, 9.17) is 9.90 Å². The molecule has 7 heavy (non-hydrogen) atoms. The molecule has 0 aromatic heterocycles. The van der Waals surface area contributed by atoms with E-state index in [1.54, 1.807) is 0 Å². The molecule has 0 bridgehead atoms. The van der Waals surface area contributed by atoms with Gasteiger partial charge >= 0.3 is 81.8 Å². The monoisotopic (exact) mass is 395 g/mol. The average Bonchev–Trinajstić information content (AvgIpc) is 0.811. The third-order valence-electron chi connectivity index (χ3n) is 0. The topological polar surface area (TPSA) is 37.3 Å². The summed E-state index contributed by atoms with van der Waals surface area (Å²) in [6.07, 6.45) is 0. The molecule has 43 valence electrons. The molecule has 2 nitrogen and oxygen atoms in total. The Morgan fingerprint density at radius 2 is 1.57 bits per heavy atom. The maximum atomic E-state index is 9.00. The van der Waals surface area contributed by atoms with Crippen LogP contribution in [0.2, 0.25) is 0 Å². The van der Waals surface area contributed by atoms with E-state index < -0.39 is 4.76 Å². The molecule has 3 radical (unpaired) electrons. The molecule has 1 unspecified atom stereocenters. The first-order valence-electron chi connectivity index (χ1n) is 0.678. The van der Waals surface area contributed by atoms with E-state index in [1.807, 2.05) is 0 Å². The predicted octanol–water partition coefficient (Wildman–Crippen LogP) is -2.21. The molecular formula is CH9AsInO2PSb. The van der Waals surface area contributed by atoms with Gasteiger partial charge in [0.05, 0.1) is 0 Å². The number of carbonyl (C=O) groups is 1. The molecule has 0 saturated heterocycles. The number of rotatable bonds is 0. The maximum absolute atomic E-state index is 9.00. The third kappa shape index (κ3) is 66.8. The van der Waals surface area contributed by atoms with Crippen molar-refractivity contribution in [3.05, 3.63) is 0 Å². The van der Waals surface area contributed by atoms with Crippen LogP contribution >= 0.6 is 9.90 Å². The molecule has 0 aliphatic heterocycles. The zero-order valence-corrected chi connectivity index (χ0v) is 9.43. The van der Waals surface area contributed by atoms with E-state index in [0.29, 0.717) is 0 Å². The third-order valence-corrected chi connectivity index (χ3v) is 0. The molecule has 0 aliphatic rings. The number of hydrogen-bond acceptors (Lipinski definition) is 1. The van der Waals surface area contributed by atoms with E-state index in [-0.39, 0.29) is 60.2 Å². The number of hydrogen-bond donors (Lipinski definition) is 1. The Hall–Kier alpha value is 2.15. The summed E-state index contributed by atoms with van der Waals surface area (Å²) in [7, 11) is 0. The van der Waals surface area contributed by atoms with Crippen molar-refractivity contribution < 1.29 is 9.90 Å². The van der Waals surface area contributed by atoms with Crippen molar-refractivity contribution in [2.75, 3.05) is 0 Å². The Morgan fingerprint density at radius 3 is 1.57 bits per heavy atom. The predicted molar refractivity (Wildman–Crippen MR) is 43.4 cm³/mol. The molecule has 1 atom stereocenters. The van der Waals surface area contributed by atoms with Crippen molar-refractivity contribution in [3.63, 3.8) is 0 Å². The Morgan fingerprint density at radius 1 is 1.57 bits per heavy atom. The van der Waals surface area contributed by atoms with Gasteiger partial charge in [0.15, 0.2) is 0 Å². The van der Waals surface area contributed by atoms with E-state index >= 15 is 0 Å². The summed E-state index contributed by atoms with van der Waals surface area (Å²) >= 11 is 1.08. The van der Waals surface area contributed by atoms with Crippen LogP contribution in [0.1, 0.15) is 0 Å². The summed E-state index contributed by atoms with van der Waals surface area (Å²) < 4.78 is -0.833. The van der Waals surface area contributed by atoms with Crippen molar-refractivity contribution in [1.82, 2.24) is 0 Å². The van der Waals surface area contributed by atoms with Gasteiger partial charge < -0.3 is 0 Å². The summed E-state index contributed by atoms with van der Waals surface area (Å²) in [5.41, 5.74) is 0. The van der Waals surface area contributed by atoms with Gasteiger partial charge in [-0.25, -0.2) is 0 Å². The van der Waals surface area contributed by atoms with Crippen molar-refractivity contribution in [2.45, 2.75) is 0 Å². The van der Waals surface area contributed by atoms with Crippen LogP contribution in [-0.4, -0.2) is 77.0 Å². The summed E-state index contributed by atoms with van der Waals surface area (Å²) in [5, 5.41) is 7.42. The van der Waals surface area contributed by atoms with Crippen molar-refractivity contribution in [1.29, 1.82) is 0 Å². The fraction of sp³-hybridized carbons (Fsp3) is 0. The van der Waals surface area contributed by atoms with Crippen LogP contribution in [-0.2, 0) is 0 Å². The molecular weight excluding hydrogens is 386 g/mol. The van der Waals surface area contributed by atoms with Gasteiger partial charge in [-0.1, -0.05) is 0 Å². The molecule has 0 aromatic carbocycles. The van der Waals surface area contributed by atoms with Crippen LogP contribution < -0.4 is 0 Å². The SMILES string of the molecule is O=C(O)[AsH].P.[InH3].[SbH]. The first-order chi connectivity index (χ1) is 1.73. The molecule has 0 spiro atoms. The van der Waals surface area contributed by atoms with Gasteiger partial charge in [-0.15, -0.1) is 0 Å². The second-order valence-corrected chi connectivity index (χ2v) is 1.20. The molecule has 0 rings (SSSR count). The molecule has 1 N–H and O–H groups in total. The summed E-state index contributed by atoms with van der Waals surface area (Å²) in [5.74, 6) is 0. The fourth-order valence-electron chi connectivity index (χ4n) is 0. The first-order valence-corrected chi connectivity index (χ1v) is 1.73. The van der Waals surface area contributed by atoms with Crippen LogP contribution in [0, 0.1) is 0 Å². The van der Waals surface area contributed by atoms with Gasteiger partial charge in [0.2, 0.25) is 0 Å². The van der Waals surface area contributed by atoms with Crippen LogP contribution in [0.15, 0.2) is 0 Å². The van der Waals surface area contributed by atoms with Gasteiger partial charge in [0.25, 0.3) is 0 Å². The van der Waals surface area contributed by atoms with Gasteiger partial charge in [0.1, 0.15) is 0 Å². The minimum absolute atomic E-state index is 0. The molecule has 0 amide bonds. The minimum atomic E-state index is -0.833. The molecule has 0 saturated carbocycles. The van der Waals surface area contributed by atoms with E-state index in [1.165, 1.54) is 0 Å². The van der Waals surface area contributed by atoms with Gasteiger partial charge in [-0.05, 0) is 0 Å². The van der Waals surface area contributed by atoms with Crippen molar-refractivity contribution >= 4 is 81.8 Å². The molecule has 6 heteroatoms. The number of carboxylic acid groups (broad SMARTS) is 1. The zero-order valence-electron chi connectivity index (χ0n) is 3.06. The second kappa shape index (κ2) is 15.7. The molecule has 0 heterocycles. The van der Waals surface area contributed by atoms with Crippen LogP contribution in [0.3, 0.4) is 0 Å². The zero-order chi connectivity index (χ0) is 3.58. The van der Waals surface area contributed by atoms with Crippen molar-refractivity contribution in [2.24, 2.45) is 0 Å². The van der Waals surface area contributed by atoms with Crippen LogP contribution in [0.5, 0.6) is 0 Å². The summed E-state index contributed by atoms with van der Waals surface area (Å²) in [6, 6.07) is 0. The Kier molecular flexibility index (Phi) is 51.4. The summed E-state index contributed by atoms with van der Waals surface area (Å²) in [4.78, 5) is 9.00. The van der Waals surface area contributed by atoms with Crippen LogP contribution in [0.4, 0.5) is 4.79 Å². The van der Waals surface area contributed by atoms with Gasteiger partial charge in [-0.3, -0.25) is 0 Å². The normalized spacial score (nSPS) is 3.57. The summed E-state index contributed by atoms with van der Waals surface area (Å²) in [6.45, 7) is 0. The quantitative estimate of drug-likeness (QED) is 0.373. The second-order valence-electron chi connectivity index (χ2n) is 0.305. The van der Waals surface area contributed by atoms with E-state index in [9.17, 15) is 0 Å². The molecule has 0 fully saturated rings.